The molecule has 0 radical (unpaired) electrons. The molecule has 2 rings (SSSR count). The van der Waals surface area contributed by atoms with Crippen LogP contribution in [0.1, 0.15) is 6.42 Å². The summed E-state index contributed by atoms with van der Waals surface area (Å²) in [4.78, 5) is 25.1. The molecule has 0 saturated carbocycles. The third-order valence-electron chi connectivity index (χ3n) is 3.62. The Morgan fingerprint density at radius 2 is 2.00 bits per heavy atom. The summed E-state index contributed by atoms with van der Waals surface area (Å²) < 4.78 is 10.8. The Hall–Kier alpha value is -2.32. The van der Waals surface area contributed by atoms with Gasteiger partial charge in [0.15, 0.2) is 11.5 Å². The molecule has 0 saturated heterocycles. The van der Waals surface area contributed by atoms with E-state index in [1.807, 2.05) is 0 Å². The number of carbonyl (C=O) groups excluding carboxylic acids is 1. The summed E-state index contributed by atoms with van der Waals surface area (Å²) in [7, 11) is 1.70. The number of hydrogen-bond donors (Lipinski definition) is 3. The quantitative estimate of drug-likeness (QED) is 0.630. The molecule has 132 valence electrons. The van der Waals surface area contributed by atoms with Gasteiger partial charge in [-0.3, -0.25) is 9.59 Å². The lowest BCUT2D eigenvalue weighted by Crippen LogP contribution is -2.34. The van der Waals surface area contributed by atoms with Gasteiger partial charge in [0, 0.05) is 31.3 Å². The predicted molar refractivity (Wildman–Crippen MR) is 86.4 cm³/mol. The van der Waals surface area contributed by atoms with E-state index >= 15 is 0 Å². The van der Waals surface area contributed by atoms with E-state index in [0.717, 1.165) is 0 Å². The van der Waals surface area contributed by atoms with Gasteiger partial charge in [0.25, 0.3) is 0 Å². The van der Waals surface area contributed by atoms with Crippen LogP contribution in [-0.2, 0) is 9.59 Å². The first-order valence-electron chi connectivity index (χ1n) is 7.71. The number of carboxylic acid groups (broad SMARTS) is 1. The smallest absolute Gasteiger partial charge is 0.308 e. The second-order valence-electron chi connectivity index (χ2n) is 5.63. The van der Waals surface area contributed by atoms with Gasteiger partial charge in [0.1, 0.15) is 13.2 Å². The van der Waals surface area contributed by atoms with Crippen LogP contribution in [0, 0.1) is 5.92 Å². The number of fused-ring (bicyclic) bond motifs is 1. The van der Waals surface area contributed by atoms with Crippen molar-refractivity contribution in [1.82, 2.24) is 4.90 Å². The molecular weight excluding hydrogens is 316 g/mol. The number of benzene rings is 1. The molecule has 1 aromatic rings. The van der Waals surface area contributed by atoms with Crippen LogP contribution in [0.5, 0.6) is 11.5 Å². The number of nitrogens with zero attached hydrogens (tertiary/aromatic N) is 1. The monoisotopic (exact) mass is 338 g/mol. The van der Waals surface area contributed by atoms with Gasteiger partial charge in [0.05, 0.1) is 12.5 Å². The Balaban J connectivity index is 1.94. The molecule has 1 unspecified atom stereocenters. The van der Waals surface area contributed by atoms with Crippen LogP contribution < -0.4 is 14.8 Å². The van der Waals surface area contributed by atoms with Crippen molar-refractivity contribution in [2.24, 2.45) is 5.92 Å². The Kier molecular flexibility index (Phi) is 6.39. The second-order valence-corrected chi connectivity index (χ2v) is 5.63. The molecule has 0 bridgehead atoms. The lowest BCUT2D eigenvalue weighted by atomic mass is 10.0. The van der Waals surface area contributed by atoms with Gasteiger partial charge >= 0.3 is 5.97 Å². The fourth-order valence-corrected chi connectivity index (χ4v) is 2.43. The molecule has 1 heterocycles. The topological polar surface area (TPSA) is 108 Å². The summed E-state index contributed by atoms with van der Waals surface area (Å²) >= 11 is 0. The van der Waals surface area contributed by atoms with Crippen molar-refractivity contribution in [1.29, 1.82) is 0 Å². The van der Waals surface area contributed by atoms with Crippen molar-refractivity contribution in [2.45, 2.75) is 6.42 Å². The van der Waals surface area contributed by atoms with Crippen LogP contribution in [0.15, 0.2) is 18.2 Å². The Morgan fingerprint density at radius 1 is 1.29 bits per heavy atom. The molecule has 1 aromatic carbocycles. The highest BCUT2D eigenvalue weighted by atomic mass is 16.6. The van der Waals surface area contributed by atoms with Crippen LogP contribution in [0.2, 0.25) is 0 Å². The van der Waals surface area contributed by atoms with E-state index in [9.17, 15) is 14.7 Å². The zero-order chi connectivity index (χ0) is 17.5. The van der Waals surface area contributed by atoms with Crippen molar-refractivity contribution >= 4 is 17.6 Å². The van der Waals surface area contributed by atoms with Crippen molar-refractivity contribution in [3.05, 3.63) is 18.2 Å². The minimum atomic E-state index is -1.04. The summed E-state index contributed by atoms with van der Waals surface area (Å²) in [6.45, 7) is 1.41. The molecule has 1 aliphatic rings. The van der Waals surface area contributed by atoms with E-state index in [4.69, 9.17) is 14.6 Å². The highest BCUT2D eigenvalue weighted by Gasteiger charge is 2.23. The zero-order valence-electron chi connectivity index (χ0n) is 13.5. The van der Waals surface area contributed by atoms with Gasteiger partial charge in [0.2, 0.25) is 5.91 Å². The van der Waals surface area contributed by atoms with Gasteiger partial charge in [-0.25, -0.2) is 0 Å². The molecular formula is C16H22N2O6. The Morgan fingerprint density at radius 3 is 2.67 bits per heavy atom. The molecule has 1 atom stereocenters. The highest BCUT2D eigenvalue weighted by Crippen LogP contribution is 2.32. The number of ether oxygens (including phenoxy) is 2. The molecule has 1 aliphatic heterocycles. The lowest BCUT2D eigenvalue weighted by molar-refractivity contribution is -0.144. The molecule has 8 nitrogen and oxygen atoms in total. The lowest BCUT2D eigenvalue weighted by Gasteiger charge is -2.21. The number of aliphatic carboxylic acids is 1. The Labute approximate surface area is 140 Å². The van der Waals surface area contributed by atoms with Gasteiger partial charge in [-0.15, -0.1) is 0 Å². The van der Waals surface area contributed by atoms with Crippen molar-refractivity contribution in [3.63, 3.8) is 0 Å². The van der Waals surface area contributed by atoms with Crippen molar-refractivity contribution in [3.8, 4) is 11.5 Å². The second kappa shape index (κ2) is 8.51. The standard InChI is InChI=1S/C16H22N2O6/c1-18(4-5-19)10-11(16(21)22)8-15(20)17-12-2-3-13-14(9-12)24-7-6-23-13/h2-3,9,11,19H,4-8,10H2,1H3,(H,17,20)(H,21,22). The minimum Gasteiger partial charge on any atom is -0.486 e. The molecule has 0 aromatic heterocycles. The first-order valence-corrected chi connectivity index (χ1v) is 7.71. The molecule has 0 fully saturated rings. The van der Waals surface area contributed by atoms with Crippen LogP contribution in [0.25, 0.3) is 0 Å². The number of anilines is 1. The largest absolute Gasteiger partial charge is 0.486 e. The SMILES string of the molecule is CN(CCO)CC(CC(=O)Nc1ccc2c(c1)OCCO2)C(=O)O. The van der Waals surface area contributed by atoms with Gasteiger partial charge in [-0.2, -0.15) is 0 Å². The Bertz CT molecular complexity index is 592. The van der Waals surface area contributed by atoms with E-state index in [2.05, 4.69) is 5.32 Å². The summed E-state index contributed by atoms with van der Waals surface area (Å²) in [5.74, 6) is -1.11. The van der Waals surface area contributed by atoms with E-state index in [-0.39, 0.29) is 19.6 Å². The molecule has 24 heavy (non-hydrogen) atoms. The average molecular weight is 338 g/mol. The summed E-state index contributed by atoms with van der Waals surface area (Å²) in [6.07, 6.45) is -0.153. The van der Waals surface area contributed by atoms with Gasteiger partial charge in [-0.1, -0.05) is 0 Å². The van der Waals surface area contributed by atoms with Crippen LogP contribution >= 0.6 is 0 Å². The first kappa shape index (κ1) is 18.0. The number of carbonyl (C=O) groups is 2. The number of nitrogens with one attached hydrogen (secondary N) is 1. The fraction of sp³-hybridized carbons (Fsp3) is 0.500. The van der Waals surface area contributed by atoms with E-state index in [1.165, 1.54) is 0 Å². The number of carboxylic acids is 1. The van der Waals surface area contributed by atoms with E-state index < -0.39 is 17.8 Å². The number of amides is 1. The minimum absolute atomic E-state index is 0.0633. The summed E-state index contributed by atoms with van der Waals surface area (Å²) in [6, 6.07) is 5.03. The average Bonchev–Trinajstić information content (AvgIpc) is 2.54. The summed E-state index contributed by atoms with van der Waals surface area (Å²) in [5.41, 5.74) is 0.525. The maximum absolute atomic E-state index is 12.1. The van der Waals surface area contributed by atoms with E-state index in [1.54, 1.807) is 30.1 Å². The van der Waals surface area contributed by atoms with Crippen molar-refractivity contribution < 1.29 is 29.3 Å². The van der Waals surface area contributed by atoms with Crippen molar-refractivity contribution in [2.75, 3.05) is 45.3 Å². The molecule has 1 amide bonds. The zero-order valence-corrected chi connectivity index (χ0v) is 13.5. The normalized spacial score (nSPS) is 14.3. The molecule has 8 heteroatoms. The number of hydrogen-bond acceptors (Lipinski definition) is 6. The third kappa shape index (κ3) is 5.10. The fourth-order valence-electron chi connectivity index (χ4n) is 2.43. The molecule has 0 spiro atoms. The van der Waals surface area contributed by atoms with Crippen LogP contribution in [0.4, 0.5) is 5.69 Å². The van der Waals surface area contributed by atoms with Gasteiger partial charge in [-0.05, 0) is 19.2 Å². The predicted octanol–water partition coefficient (Wildman–Crippen LogP) is 0.411. The summed E-state index contributed by atoms with van der Waals surface area (Å²) in [5, 5.41) is 20.8. The molecule has 3 N–H and O–H groups in total. The maximum Gasteiger partial charge on any atom is 0.308 e. The van der Waals surface area contributed by atoms with Gasteiger partial charge < -0.3 is 29.9 Å². The number of aliphatic hydroxyl groups is 1. The highest BCUT2D eigenvalue weighted by molar-refractivity contribution is 5.93. The maximum atomic E-state index is 12.1. The van der Waals surface area contributed by atoms with E-state index in [0.29, 0.717) is 36.9 Å². The first-order chi connectivity index (χ1) is 11.5. The third-order valence-corrected chi connectivity index (χ3v) is 3.62. The van der Waals surface area contributed by atoms with Crippen LogP contribution in [-0.4, -0.2) is 66.9 Å². The number of aliphatic hydroxyl groups excluding tert-OH is 1. The molecule has 0 aliphatic carbocycles. The number of rotatable bonds is 8. The van der Waals surface area contributed by atoms with Crippen LogP contribution in [0.3, 0.4) is 0 Å². The number of likely N-dealkylation sites (N-methyl/N-ethyl adjacent to an activating group) is 1.